The number of unbranched alkanes of at least 4 members (excludes halogenated alkanes) is 4. The van der Waals surface area contributed by atoms with Gasteiger partial charge >= 0.3 is 5.97 Å². The van der Waals surface area contributed by atoms with E-state index in [9.17, 15) is 44.8 Å². The molecule has 1 saturated carbocycles. The molecule has 4 atom stereocenters. The summed E-state index contributed by atoms with van der Waals surface area (Å²) >= 11 is 0. The van der Waals surface area contributed by atoms with Gasteiger partial charge in [0.15, 0.2) is 0 Å². The fourth-order valence-electron chi connectivity index (χ4n) is 6.18. The number of imide groups is 1. The van der Waals surface area contributed by atoms with E-state index in [0.717, 1.165) is 5.56 Å². The summed E-state index contributed by atoms with van der Waals surface area (Å²) in [6, 6.07) is 9.72. The Bertz CT molecular complexity index is 1320. The van der Waals surface area contributed by atoms with Crippen LogP contribution in [-0.2, 0) is 35.2 Å². The molecule has 0 bridgehead atoms. The van der Waals surface area contributed by atoms with Crippen molar-refractivity contribution in [3.63, 3.8) is 0 Å². The number of ether oxygens (including phenoxy) is 1. The molecule has 1 aliphatic rings. The molecule has 1 aromatic rings. The largest absolute Gasteiger partial charge is 0.458 e. The van der Waals surface area contributed by atoms with Crippen LogP contribution in [0, 0.1) is 26.1 Å². The van der Waals surface area contributed by atoms with Gasteiger partial charge in [-0.1, -0.05) is 68.3 Å². The number of amides is 2. The van der Waals surface area contributed by atoms with Crippen molar-refractivity contribution in [3.05, 3.63) is 80.4 Å². The Kier molecular flexibility index (Phi) is 20.2. The number of benzene rings is 1. The predicted octanol–water partition coefficient (Wildman–Crippen LogP) is 5.67. The number of nitrogens with one attached hydrogen (secondary N) is 1. The molecule has 0 heterocycles. The quantitative estimate of drug-likeness (QED) is 0.0328. The molecule has 3 N–H and O–H groups in total. The second-order valence-electron chi connectivity index (χ2n) is 13.2. The zero-order valence-electron chi connectivity index (χ0n) is 30.2. The highest BCUT2D eigenvalue weighted by atomic mass is 17.0. The van der Waals surface area contributed by atoms with E-state index in [0.29, 0.717) is 89.9 Å². The first-order chi connectivity index (χ1) is 24.9. The van der Waals surface area contributed by atoms with Crippen molar-refractivity contribution in [2.45, 2.75) is 133 Å². The number of hydrogen-bond acceptors (Lipinski definition) is 12. The van der Waals surface area contributed by atoms with Crippen molar-refractivity contribution < 1.29 is 49.2 Å². The van der Waals surface area contributed by atoms with Gasteiger partial charge in [0.05, 0.1) is 13.2 Å². The molecule has 0 aromatic heterocycles. The van der Waals surface area contributed by atoms with Crippen LogP contribution in [0.25, 0.3) is 0 Å². The average molecular weight is 734 g/mol. The molecule has 0 saturated heterocycles. The van der Waals surface area contributed by atoms with E-state index in [-0.39, 0.29) is 50.2 Å². The summed E-state index contributed by atoms with van der Waals surface area (Å²) in [5.74, 6) is -1.53. The van der Waals surface area contributed by atoms with Crippen LogP contribution in [0.3, 0.4) is 0 Å². The van der Waals surface area contributed by atoms with Crippen molar-refractivity contribution >= 4 is 17.8 Å². The first-order valence-corrected chi connectivity index (χ1v) is 18.3. The van der Waals surface area contributed by atoms with Crippen LogP contribution < -0.4 is 5.32 Å². The van der Waals surface area contributed by atoms with E-state index in [2.05, 4.69) is 15.0 Å². The molecular formula is C37H55N3O12. The van der Waals surface area contributed by atoms with Crippen LogP contribution in [0.15, 0.2) is 54.6 Å². The number of nitrogens with zero attached hydrogens (tertiary/aromatic N) is 2. The standard InChI is InChI=1S/C37H55N3O12/c1-2-31(18-11-14-29-51-40(48)49)35(43)38-33(41)19-9-3-4-12-24-36(44)25-15-26-37(36,45)27-23-32(22-21-30-16-7-5-8-17-30)52-34(42)20-10-6-13-28-50-39(46)47/h4-5,7-8,12,16-17,23,27,31-32,44-45H,2-3,6,9-11,13-15,18-22,24-26,28-29H2,1H3,(H,38,41,43)/b12-4-,27-23+/t31-,32-,36+,37-/m0/s1. The minimum absolute atomic E-state index is 0.0304. The Labute approximate surface area is 305 Å². The molecule has 1 aliphatic carbocycles. The normalized spacial score (nSPS) is 19.7. The third-order valence-electron chi connectivity index (χ3n) is 9.27. The molecule has 0 radical (unpaired) electrons. The lowest BCUT2D eigenvalue weighted by Crippen LogP contribution is -2.48. The zero-order chi connectivity index (χ0) is 38.2. The first-order valence-electron chi connectivity index (χ1n) is 18.3. The highest BCUT2D eigenvalue weighted by Gasteiger charge is 2.50. The Morgan fingerprint density at radius 2 is 1.60 bits per heavy atom. The predicted molar refractivity (Wildman–Crippen MR) is 190 cm³/mol. The van der Waals surface area contributed by atoms with E-state index < -0.39 is 33.4 Å². The number of aryl methyl sites for hydroxylation is 1. The molecule has 15 heteroatoms. The van der Waals surface area contributed by atoms with Gasteiger partial charge in [-0.15, -0.1) is 20.2 Å². The minimum Gasteiger partial charge on any atom is -0.458 e. The van der Waals surface area contributed by atoms with Gasteiger partial charge in [-0.05, 0) is 95.1 Å². The number of carbonyl (C=O) groups is 3. The number of hydrogen-bond donors (Lipinski definition) is 3. The monoisotopic (exact) mass is 733 g/mol. The second-order valence-corrected chi connectivity index (χ2v) is 13.2. The summed E-state index contributed by atoms with van der Waals surface area (Å²) in [6.07, 6.45) is 13.6. The van der Waals surface area contributed by atoms with Crippen LogP contribution in [0.4, 0.5) is 0 Å². The third-order valence-corrected chi connectivity index (χ3v) is 9.27. The molecule has 1 aromatic carbocycles. The summed E-state index contributed by atoms with van der Waals surface area (Å²) in [6.45, 7) is 1.78. The van der Waals surface area contributed by atoms with Crippen molar-refractivity contribution in [1.82, 2.24) is 5.32 Å². The summed E-state index contributed by atoms with van der Waals surface area (Å²) in [5.41, 5.74) is -1.91. The highest BCUT2D eigenvalue weighted by molar-refractivity contribution is 5.96. The van der Waals surface area contributed by atoms with Crippen LogP contribution in [0.2, 0.25) is 0 Å². The van der Waals surface area contributed by atoms with E-state index >= 15 is 0 Å². The molecule has 2 amide bonds. The maximum atomic E-state index is 12.7. The molecule has 1 fully saturated rings. The maximum Gasteiger partial charge on any atom is 0.306 e. The first kappa shape index (κ1) is 43.8. The van der Waals surface area contributed by atoms with E-state index in [4.69, 9.17) is 4.74 Å². The van der Waals surface area contributed by atoms with Crippen LogP contribution >= 0.6 is 0 Å². The van der Waals surface area contributed by atoms with Gasteiger partial charge in [0.1, 0.15) is 17.3 Å². The lowest BCUT2D eigenvalue weighted by molar-refractivity contribution is -0.757. The number of carbonyl (C=O) groups excluding carboxylic acids is 3. The Hall–Kier alpha value is -4.37. The molecular weight excluding hydrogens is 678 g/mol. The molecule has 0 unspecified atom stereocenters. The van der Waals surface area contributed by atoms with Crippen molar-refractivity contribution in [3.8, 4) is 0 Å². The zero-order valence-corrected chi connectivity index (χ0v) is 30.2. The van der Waals surface area contributed by atoms with Crippen molar-refractivity contribution in [2.75, 3.05) is 13.2 Å². The summed E-state index contributed by atoms with van der Waals surface area (Å²) < 4.78 is 5.76. The van der Waals surface area contributed by atoms with Gasteiger partial charge in [-0.2, -0.15) is 0 Å². The summed E-state index contributed by atoms with van der Waals surface area (Å²) in [7, 11) is 0. The lowest BCUT2D eigenvalue weighted by atomic mass is 9.82. The number of rotatable bonds is 27. The maximum absolute atomic E-state index is 12.7. The van der Waals surface area contributed by atoms with Gasteiger partial charge in [0.2, 0.25) is 11.8 Å². The lowest BCUT2D eigenvalue weighted by Gasteiger charge is -2.35. The van der Waals surface area contributed by atoms with Gasteiger partial charge in [-0.3, -0.25) is 19.7 Å². The van der Waals surface area contributed by atoms with E-state index in [1.807, 2.05) is 43.3 Å². The number of allylic oxidation sites excluding steroid dienone is 1. The summed E-state index contributed by atoms with van der Waals surface area (Å²) in [5, 5.41) is 44.4. The molecule has 0 aliphatic heterocycles. The van der Waals surface area contributed by atoms with Gasteiger partial charge in [0.25, 0.3) is 10.2 Å². The fourth-order valence-corrected chi connectivity index (χ4v) is 6.18. The number of esters is 1. The fraction of sp³-hybridized carbons (Fsp3) is 0.649. The molecule has 290 valence electrons. The van der Waals surface area contributed by atoms with Gasteiger partial charge in [-0.25, -0.2) is 0 Å². The third kappa shape index (κ3) is 17.2. The molecule has 15 nitrogen and oxygen atoms in total. The van der Waals surface area contributed by atoms with E-state index in [1.165, 1.54) is 0 Å². The SMILES string of the molecule is CC[C@@H](CCCCO[N+](=O)[O-])C(=O)NC(=O)CCC/C=C\C[C@@]1(O)CCC[C@]1(O)/C=C/[C@H](CCc1ccccc1)OC(=O)CCCCCO[N+](=O)[O-]. The van der Waals surface area contributed by atoms with Crippen molar-refractivity contribution in [2.24, 2.45) is 5.92 Å². The number of aliphatic hydroxyl groups is 2. The van der Waals surface area contributed by atoms with Gasteiger partial charge in [0, 0.05) is 18.8 Å². The van der Waals surface area contributed by atoms with E-state index in [1.54, 1.807) is 18.2 Å². The second kappa shape index (κ2) is 24.0. The van der Waals surface area contributed by atoms with Crippen molar-refractivity contribution in [1.29, 1.82) is 0 Å². The topological polar surface area (TPSA) is 218 Å². The molecule has 52 heavy (non-hydrogen) atoms. The van der Waals surface area contributed by atoms with Gasteiger partial charge < -0.3 is 24.6 Å². The Morgan fingerprint density at radius 3 is 2.27 bits per heavy atom. The molecule has 0 spiro atoms. The van der Waals surface area contributed by atoms with Crippen LogP contribution in [0.5, 0.6) is 0 Å². The average Bonchev–Trinajstić information content (AvgIpc) is 3.40. The Balaban J connectivity index is 1.86. The van der Waals surface area contributed by atoms with Crippen LogP contribution in [-0.4, -0.2) is 68.7 Å². The molecule has 2 rings (SSSR count). The Morgan fingerprint density at radius 1 is 0.904 bits per heavy atom. The highest BCUT2D eigenvalue weighted by Crippen LogP contribution is 2.43. The van der Waals surface area contributed by atoms with Crippen LogP contribution in [0.1, 0.15) is 115 Å². The summed E-state index contributed by atoms with van der Waals surface area (Å²) in [4.78, 5) is 66.6. The smallest absolute Gasteiger partial charge is 0.306 e. The minimum atomic E-state index is -1.54.